The van der Waals surface area contributed by atoms with Crippen LogP contribution in [0.15, 0.2) is 12.1 Å². The molecule has 0 radical (unpaired) electrons. The van der Waals surface area contributed by atoms with Crippen LogP contribution in [0.2, 0.25) is 4.34 Å². The average molecular weight is 312 g/mol. The minimum atomic E-state index is -3.21. The van der Waals surface area contributed by atoms with Crippen LogP contribution in [0.3, 0.4) is 0 Å². The van der Waals surface area contributed by atoms with Gasteiger partial charge in [-0.05, 0) is 18.6 Å². The number of thiophene rings is 1. The Kier molecular flexibility index (Phi) is 6.59. The van der Waals surface area contributed by atoms with Crippen LogP contribution in [-0.2, 0) is 14.8 Å². The second-order valence-electron chi connectivity index (χ2n) is 3.89. The Hall–Kier alpha value is -0.140. The molecule has 1 aromatic heterocycles. The Balaban J connectivity index is 2.55. The van der Waals surface area contributed by atoms with E-state index in [1.54, 1.807) is 13.2 Å². The summed E-state index contributed by atoms with van der Waals surface area (Å²) in [5, 5.41) is 0. The first kappa shape index (κ1) is 15.9. The lowest BCUT2D eigenvalue weighted by atomic mass is 10.3. The highest BCUT2D eigenvalue weighted by atomic mass is 35.5. The predicted octanol–water partition coefficient (Wildman–Crippen LogP) is 2.81. The molecule has 1 rings (SSSR count). The van der Waals surface area contributed by atoms with E-state index in [-0.39, 0.29) is 18.4 Å². The molecule has 0 bridgehead atoms. The standard InChI is InChI=1S/C11H18ClNO3S2/c1-3-4-7-18(14,15)13-8-9(16-2)10-5-6-11(12)17-10/h5-6,9,13H,3-4,7-8H2,1-2H3. The summed E-state index contributed by atoms with van der Waals surface area (Å²) in [6.45, 7) is 2.19. The lowest BCUT2D eigenvalue weighted by molar-refractivity contribution is 0.110. The molecule has 4 nitrogen and oxygen atoms in total. The van der Waals surface area contributed by atoms with Crippen LogP contribution in [0, 0.1) is 0 Å². The zero-order chi connectivity index (χ0) is 13.6. The summed E-state index contributed by atoms with van der Waals surface area (Å²) in [7, 11) is -1.65. The molecule has 0 aromatic carbocycles. The summed E-state index contributed by atoms with van der Waals surface area (Å²) in [4.78, 5) is 0.917. The number of sulfonamides is 1. The Morgan fingerprint density at radius 1 is 1.50 bits per heavy atom. The molecule has 104 valence electrons. The Morgan fingerprint density at radius 2 is 2.22 bits per heavy atom. The maximum absolute atomic E-state index is 11.7. The first-order chi connectivity index (χ1) is 8.48. The SMILES string of the molecule is CCCCS(=O)(=O)NCC(OC)c1ccc(Cl)s1. The molecule has 1 heterocycles. The highest BCUT2D eigenvalue weighted by Crippen LogP contribution is 2.28. The highest BCUT2D eigenvalue weighted by Gasteiger charge is 2.17. The molecule has 0 fully saturated rings. The van der Waals surface area contributed by atoms with Crippen LogP contribution in [0.5, 0.6) is 0 Å². The molecule has 1 unspecified atom stereocenters. The van der Waals surface area contributed by atoms with E-state index in [4.69, 9.17) is 16.3 Å². The van der Waals surface area contributed by atoms with Gasteiger partial charge in [0.25, 0.3) is 0 Å². The van der Waals surface area contributed by atoms with Crippen molar-refractivity contribution < 1.29 is 13.2 Å². The zero-order valence-corrected chi connectivity index (χ0v) is 12.9. The van der Waals surface area contributed by atoms with Gasteiger partial charge in [0.2, 0.25) is 10.0 Å². The number of nitrogens with one attached hydrogen (secondary N) is 1. The maximum Gasteiger partial charge on any atom is 0.211 e. The number of unbranched alkanes of at least 4 members (excludes halogenated alkanes) is 1. The van der Waals surface area contributed by atoms with Crippen molar-refractivity contribution in [1.82, 2.24) is 4.72 Å². The summed E-state index contributed by atoms with van der Waals surface area (Å²) in [5.41, 5.74) is 0. The minimum Gasteiger partial charge on any atom is -0.375 e. The van der Waals surface area contributed by atoms with E-state index in [9.17, 15) is 8.42 Å². The largest absolute Gasteiger partial charge is 0.375 e. The van der Waals surface area contributed by atoms with E-state index in [0.717, 1.165) is 11.3 Å². The number of rotatable bonds is 8. The maximum atomic E-state index is 11.7. The minimum absolute atomic E-state index is 0.158. The first-order valence-electron chi connectivity index (χ1n) is 5.74. The summed E-state index contributed by atoms with van der Waals surface area (Å²) in [6, 6.07) is 3.63. The fourth-order valence-corrected chi connectivity index (χ4v) is 3.77. The Labute approximate surface area is 117 Å². The zero-order valence-electron chi connectivity index (χ0n) is 10.5. The van der Waals surface area contributed by atoms with Gasteiger partial charge in [0.15, 0.2) is 0 Å². The molecule has 1 atom stereocenters. The van der Waals surface area contributed by atoms with Crippen LogP contribution >= 0.6 is 22.9 Å². The number of hydrogen-bond donors (Lipinski definition) is 1. The van der Waals surface area contributed by atoms with E-state index in [1.807, 2.05) is 13.0 Å². The number of methoxy groups -OCH3 is 1. The van der Waals surface area contributed by atoms with Crippen molar-refractivity contribution >= 4 is 33.0 Å². The van der Waals surface area contributed by atoms with E-state index in [0.29, 0.717) is 10.8 Å². The highest BCUT2D eigenvalue weighted by molar-refractivity contribution is 7.89. The van der Waals surface area contributed by atoms with Gasteiger partial charge >= 0.3 is 0 Å². The number of hydrogen-bond acceptors (Lipinski definition) is 4. The molecule has 0 saturated heterocycles. The second kappa shape index (κ2) is 7.45. The average Bonchev–Trinajstić information content (AvgIpc) is 2.74. The molecule has 0 aliphatic rings. The van der Waals surface area contributed by atoms with Gasteiger partial charge in [0.05, 0.1) is 10.1 Å². The molecule has 0 spiro atoms. The summed E-state index contributed by atoms with van der Waals surface area (Å²) >= 11 is 7.24. The van der Waals surface area contributed by atoms with Gasteiger partial charge in [0, 0.05) is 18.5 Å². The summed E-state index contributed by atoms with van der Waals surface area (Å²) < 4.78 is 31.8. The molecule has 0 saturated carbocycles. The molecule has 18 heavy (non-hydrogen) atoms. The number of halogens is 1. The van der Waals surface area contributed by atoms with Crippen molar-refractivity contribution in [3.8, 4) is 0 Å². The quantitative estimate of drug-likeness (QED) is 0.803. The molecule has 7 heteroatoms. The van der Waals surface area contributed by atoms with Crippen LogP contribution in [0.1, 0.15) is 30.7 Å². The van der Waals surface area contributed by atoms with Gasteiger partial charge in [-0.2, -0.15) is 0 Å². The number of ether oxygens (including phenoxy) is 1. The molecular weight excluding hydrogens is 294 g/mol. The van der Waals surface area contributed by atoms with Crippen molar-refractivity contribution in [3.63, 3.8) is 0 Å². The van der Waals surface area contributed by atoms with Gasteiger partial charge in [0.1, 0.15) is 6.10 Å². The summed E-state index contributed by atoms with van der Waals surface area (Å²) in [6.07, 6.45) is 1.23. The van der Waals surface area contributed by atoms with Gasteiger partial charge in [-0.1, -0.05) is 24.9 Å². The molecule has 0 aliphatic heterocycles. The van der Waals surface area contributed by atoms with Crippen LogP contribution < -0.4 is 4.72 Å². The Morgan fingerprint density at radius 3 is 2.72 bits per heavy atom. The first-order valence-corrected chi connectivity index (χ1v) is 8.58. The Bertz CT molecular complexity index is 459. The third kappa shape index (κ3) is 5.24. The molecule has 0 aliphatic carbocycles. The lowest BCUT2D eigenvalue weighted by Gasteiger charge is -2.14. The molecular formula is C11H18ClNO3S2. The monoisotopic (exact) mass is 311 g/mol. The van der Waals surface area contributed by atoms with E-state index in [1.165, 1.54) is 11.3 Å². The topological polar surface area (TPSA) is 55.4 Å². The van der Waals surface area contributed by atoms with Crippen molar-refractivity contribution in [2.45, 2.75) is 25.9 Å². The fraction of sp³-hybridized carbons (Fsp3) is 0.636. The van der Waals surface area contributed by atoms with Crippen molar-refractivity contribution in [1.29, 1.82) is 0 Å². The smallest absolute Gasteiger partial charge is 0.211 e. The predicted molar refractivity (Wildman–Crippen MR) is 75.8 cm³/mol. The van der Waals surface area contributed by atoms with Gasteiger partial charge < -0.3 is 4.74 Å². The molecule has 1 aromatic rings. The second-order valence-corrected chi connectivity index (χ2v) is 7.56. The van der Waals surface area contributed by atoms with Gasteiger partial charge in [-0.15, -0.1) is 11.3 Å². The van der Waals surface area contributed by atoms with Crippen LogP contribution in [-0.4, -0.2) is 27.8 Å². The summed E-state index contributed by atoms with van der Waals surface area (Å²) in [5.74, 6) is 0.158. The van der Waals surface area contributed by atoms with Gasteiger partial charge in [-0.25, -0.2) is 13.1 Å². The fourth-order valence-electron chi connectivity index (χ4n) is 1.41. The van der Waals surface area contributed by atoms with Crippen LogP contribution in [0.25, 0.3) is 0 Å². The van der Waals surface area contributed by atoms with Crippen molar-refractivity contribution in [2.75, 3.05) is 19.4 Å². The molecule has 0 amide bonds. The van der Waals surface area contributed by atoms with E-state index in [2.05, 4.69) is 4.72 Å². The van der Waals surface area contributed by atoms with E-state index < -0.39 is 10.0 Å². The van der Waals surface area contributed by atoms with Gasteiger partial charge in [-0.3, -0.25) is 0 Å². The third-order valence-electron chi connectivity index (χ3n) is 2.45. The van der Waals surface area contributed by atoms with E-state index >= 15 is 0 Å². The molecule has 1 N–H and O–H groups in total. The van der Waals surface area contributed by atoms with Crippen molar-refractivity contribution in [3.05, 3.63) is 21.3 Å². The van der Waals surface area contributed by atoms with Crippen LogP contribution in [0.4, 0.5) is 0 Å². The normalized spacial score (nSPS) is 13.7. The lowest BCUT2D eigenvalue weighted by Crippen LogP contribution is -2.30. The third-order valence-corrected chi connectivity index (χ3v) is 5.21. The van der Waals surface area contributed by atoms with Crippen molar-refractivity contribution in [2.24, 2.45) is 0 Å².